The van der Waals surface area contributed by atoms with Crippen LogP contribution in [-0.2, 0) is 4.74 Å². The minimum atomic E-state index is 0.219. The van der Waals surface area contributed by atoms with E-state index in [9.17, 15) is 0 Å². The van der Waals surface area contributed by atoms with Crippen LogP contribution < -0.4 is 0 Å². The monoisotopic (exact) mass is 288 g/mol. The van der Waals surface area contributed by atoms with Gasteiger partial charge in [-0.25, -0.2) is 0 Å². The van der Waals surface area contributed by atoms with Gasteiger partial charge in [0.15, 0.2) is 0 Å². The van der Waals surface area contributed by atoms with Crippen LogP contribution in [0.5, 0.6) is 0 Å². The summed E-state index contributed by atoms with van der Waals surface area (Å²) in [5.74, 6) is 0. The Balaban J connectivity index is 2.19. The zero-order valence-electron chi connectivity index (χ0n) is 9.99. The van der Waals surface area contributed by atoms with E-state index >= 15 is 0 Å². The van der Waals surface area contributed by atoms with Gasteiger partial charge in [0.05, 0.1) is 6.61 Å². The number of ether oxygens (including phenoxy) is 1. The Morgan fingerprint density at radius 2 is 1.74 bits per heavy atom. The highest BCUT2D eigenvalue weighted by Gasteiger charge is 2.26. The third-order valence-electron chi connectivity index (χ3n) is 3.62. The molecule has 0 unspecified atom stereocenters. The average Bonchev–Trinajstić information content (AvgIpc) is 3.22. The summed E-state index contributed by atoms with van der Waals surface area (Å²) < 4.78 is 5.41. The predicted octanol–water partition coefficient (Wildman–Crippen LogP) is 5.37. The molecule has 1 atom stereocenters. The number of epoxide rings is 1. The SMILES string of the molecule is Clc1ccc2c(Cl)cc3c([C@H]4CO4)cccc3c2c1. The summed E-state index contributed by atoms with van der Waals surface area (Å²) in [4.78, 5) is 0. The minimum absolute atomic E-state index is 0.219. The van der Waals surface area contributed by atoms with Crippen molar-refractivity contribution in [2.75, 3.05) is 6.61 Å². The van der Waals surface area contributed by atoms with E-state index in [1.165, 1.54) is 10.9 Å². The Bertz CT molecular complexity index is 807. The lowest BCUT2D eigenvalue weighted by Gasteiger charge is -2.09. The van der Waals surface area contributed by atoms with Crippen LogP contribution in [0.25, 0.3) is 21.5 Å². The van der Waals surface area contributed by atoms with Crippen molar-refractivity contribution >= 4 is 44.7 Å². The first-order valence-corrected chi connectivity index (χ1v) is 6.91. The van der Waals surface area contributed by atoms with Gasteiger partial charge in [0, 0.05) is 15.4 Å². The molecule has 19 heavy (non-hydrogen) atoms. The Morgan fingerprint density at radius 3 is 2.53 bits per heavy atom. The zero-order valence-corrected chi connectivity index (χ0v) is 11.5. The van der Waals surface area contributed by atoms with Gasteiger partial charge >= 0.3 is 0 Å². The molecule has 1 nitrogen and oxygen atoms in total. The van der Waals surface area contributed by atoms with Crippen molar-refractivity contribution in [2.24, 2.45) is 0 Å². The number of halogens is 2. The van der Waals surface area contributed by atoms with E-state index in [1.54, 1.807) is 0 Å². The van der Waals surface area contributed by atoms with E-state index in [-0.39, 0.29) is 6.10 Å². The fourth-order valence-corrected chi connectivity index (χ4v) is 3.09. The summed E-state index contributed by atoms with van der Waals surface area (Å²) >= 11 is 12.5. The lowest BCUT2D eigenvalue weighted by atomic mass is 9.97. The first kappa shape index (κ1) is 11.5. The highest BCUT2D eigenvalue weighted by atomic mass is 35.5. The molecule has 3 aromatic carbocycles. The topological polar surface area (TPSA) is 12.5 Å². The van der Waals surface area contributed by atoms with Crippen molar-refractivity contribution < 1.29 is 4.74 Å². The van der Waals surface area contributed by atoms with Crippen molar-refractivity contribution in [1.82, 2.24) is 0 Å². The summed E-state index contributed by atoms with van der Waals surface area (Å²) in [6.07, 6.45) is 0.219. The number of hydrogen-bond donors (Lipinski definition) is 0. The van der Waals surface area contributed by atoms with E-state index in [1.807, 2.05) is 24.3 Å². The van der Waals surface area contributed by atoms with Gasteiger partial charge in [-0.15, -0.1) is 0 Å². The van der Waals surface area contributed by atoms with Gasteiger partial charge in [0.2, 0.25) is 0 Å². The molecule has 1 heterocycles. The lowest BCUT2D eigenvalue weighted by molar-refractivity contribution is 0.417. The molecule has 3 aromatic rings. The standard InChI is InChI=1S/C16H10Cl2O/c17-9-4-5-11-13(6-9)10-2-1-3-12(16-8-19-16)14(10)7-15(11)18/h1-7,16H,8H2/t16-/m1/s1. The molecule has 1 fully saturated rings. The molecule has 94 valence electrons. The molecule has 0 radical (unpaired) electrons. The smallest absolute Gasteiger partial charge is 0.107 e. The number of hydrogen-bond acceptors (Lipinski definition) is 1. The quantitative estimate of drug-likeness (QED) is 0.433. The van der Waals surface area contributed by atoms with Crippen LogP contribution in [-0.4, -0.2) is 6.61 Å². The van der Waals surface area contributed by atoms with Crippen molar-refractivity contribution in [1.29, 1.82) is 0 Å². The van der Waals surface area contributed by atoms with E-state index in [0.717, 1.165) is 32.8 Å². The fourth-order valence-electron chi connectivity index (χ4n) is 2.64. The van der Waals surface area contributed by atoms with Gasteiger partial charge in [0.25, 0.3) is 0 Å². The van der Waals surface area contributed by atoms with E-state index in [0.29, 0.717) is 0 Å². The molecule has 0 N–H and O–H groups in total. The van der Waals surface area contributed by atoms with Gasteiger partial charge in [-0.05, 0) is 39.9 Å². The van der Waals surface area contributed by atoms with Crippen molar-refractivity contribution in [2.45, 2.75) is 6.10 Å². The molecule has 0 aromatic heterocycles. The van der Waals surface area contributed by atoms with Crippen LogP contribution in [0.3, 0.4) is 0 Å². The summed E-state index contributed by atoms with van der Waals surface area (Å²) in [5.41, 5.74) is 1.21. The van der Waals surface area contributed by atoms with Crippen molar-refractivity contribution in [3.05, 3.63) is 58.1 Å². The molecular weight excluding hydrogens is 279 g/mol. The van der Waals surface area contributed by atoms with Gasteiger partial charge in [-0.1, -0.05) is 47.5 Å². The minimum Gasteiger partial charge on any atom is -0.368 e. The maximum atomic E-state index is 6.40. The maximum Gasteiger partial charge on any atom is 0.107 e. The summed E-state index contributed by atoms with van der Waals surface area (Å²) in [6, 6.07) is 14.1. The Labute approximate surface area is 120 Å². The molecule has 1 aliphatic heterocycles. The summed E-state index contributed by atoms with van der Waals surface area (Å²) in [5, 5.41) is 5.95. The molecular formula is C16H10Cl2O. The van der Waals surface area contributed by atoms with Crippen LogP contribution in [0.1, 0.15) is 11.7 Å². The van der Waals surface area contributed by atoms with E-state index < -0.39 is 0 Å². The van der Waals surface area contributed by atoms with Crippen molar-refractivity contribution in [3.8, 4) is 0 Å². The predicted molar refractivity (Wildman–Crippen MR) is 80.2 cm³/mol. The number of benzene rings is 3. The molecule has 0 bridgehead atoms. The molecule has 1 saturated heterocycles. The molecule has 0 amide bonds. The Kier molecular flexibility index (Phi) is 2.49. The summed E-state index contributed by atoms with van der Waals surface area (Å²) in [7, 11) is 0. The van der Waals surface area contributed by atoms with Crippen LogP contribution in [0.2, 0.25) is 10.0 Å². The molecule has 0 aliphatic carbocycles. The lowest BCUT2D eigenvalue weighted by Crippen LogP contribution is -1.86. The Hall–Kier alpha value is -1.28. The van der Waals surface area contributed by atoms with Crippen LogP contribution in [0.15, 0.2) is 42.5 Å². The second-order valence-electron chi connectivity index (χ2n) is 4.81. The number of rotatable bonds is 1. The molecule has 3 heteroatoms. The average molecular weight is 289 g/mol. The third-order valence-corrected chi connectivity index (χ3v) is 4.17. The highest BCUT2D eigenvalue weighted by molar-refractivity contribution is 6.38. The molecule has 4 rings (SSSR count). The second kappa shape index (κ2) is 4.11. The summed E-state index contributed by atoms with van der Waals surface area (Å²) in [6.45, 7) is 0.796. The maximum absolute atomic E-state index is 6.40. The molecule has 1 aliphatic rings. The molecule has 0 spiro atoms. The molecule has 0 saturated carbocycles. The second-order valence-corrected chi connectivity index (χ2v) is 5.66. The largest absolute Gasteiger partial charge is 0.368 e. The van der Waals surface area contributed by atoms with E-state index in [2.05, 4.69) is 18.2 Å². The van der Waals surface area contributed by atoms with Gasteiger partial charge in [-0.2, -0.15) is 0 Å². The third kappa shape index (κ3) is 1.81. The van der Waals surface area contributed by atoms with Gasteiger partial charge in [-0.3, -0.25) is 0 Å². The fraction of sp³-hybridized carbons (Fsp3) is 0.125. The first-order valence-electron chi connectivity index (χ1n) is 6.16. The highest BCUT2D eigenvalue weighted by Crippen LogP contribution is 2.40. The van der Waals surface area contributed by atoms with Crippen LogP contribution in [0.4, 0.5) is 0 Å². The van der Waals surface area contributed by atoms with Gasteiger partial charge in [0.1, 0.15) is 6.10 Å². The normalized spacial score (nSPS) is 18.1. The number of fused-ring (bicyclic) bond motifs is 3. The van der Waals surface area contributed by atoms with Crippen LogP contribution >= 0.6 is 23.2 Å². The van der Waals surface area contributed by atoms with Crippen LogP contribution in [0, 0.1) is 0 Å². The van der Waals surface area contributed by atoms with Gasteiger partial charge < -0.3 is 4.74 Å². The Morgan fingerprint density at radius 1 is 0.895 bits per heavy atom. The zero-order chi connectivity index (χ0) is 13.0. The first-order chi connectivity index (χ1) is 9.24. The van der Waals surface area contributed by atoms with E-state index in [4.69, 9.17) is 27.9 Å². The van der Waals surface area contributed by atoms with Crippen molar-refractivity contribution in [3.63, 3.8) is 0 Å².